The van der Waals surface area contributed by atoms with Crippen molar-refractivity contribution in [3.05, 3.63) is 65.2 Å². The van der Waals surface area contributed by atoms with Gasteiger partial charge in [-0.25, -0.2) is 5.01 Å². The third-order valence-electron chi connectivity index (χ3n) is 6.48. The molecule has 8 heteroatoms. The fourth-order valence-corrected chi connectivity index (χ4v) is 5.13. The fraction of sp³-hybridized carbons (Fsp3) is 0.360. The molecule has 0 amide bonds. The number of thiocarbonyl (C=S) groups is 1. The molecule has 172 valence electrons. The lowest BCUT2D eigenvalue weighted by molar-refractivity contribution is -0.169. The normalized spacial score (nSPS) is 24.6. The number of methoxy groups -OCH3 is 2. The summed E-state index contributed by atoms with van der Waals surface area (Å²) < 4.78 is 23.0. The summed E-state index contributed by atoms with van der Waals surface area (Å²) in [6, 6.07) is 15.8. The number of nitrogens with zero attached hydrogens (tertiary/aromatic N) is 2. The number of fused-ring (bicyclic) bond motifs is 1. The summed E-state index contributed by atoms with van der Waals surface area (Å²) in [4.78, 5) is 0. The summed E-state index contributed by atoms with van der Waals surface area (Å²) >= 11 is 5.40. The van der Waals surface area contributed by atoms with Gasteiger partial charge in [-0.15, -0.1) is 0 Å². The van der Waals surface area contributed by atoms with E-state index in [2.05, 4.69) is 6.08 Å². The lowest BCUT2D eigenvalue weighted by Gasteiger charge is -2.39. The fourth-order valence-electron chi connectivity index (χ4n) is 4.98. The molecular weight excluding hydrogens is 438 g/mol. The summed E-state index contributed by atoms with van der Waals surface area (Å²) in [5, 5.41) is 6.92. The predicted molar refractivity (Wildman–Crippen MR) is 130 cm³/mol. The van der Waals surface area contributed by atoms with E-state index in [0.717, 1.165) is 33.9 Å². The van der Waals surface area contributed by atoms with E-state index in [4.69, 9.17) is 42.0 Å². The van der Waals surface area contributed by atoms with Crippen molar-refractivity contribution in [2.24, 2.45) is 16.8 Å². The Kier molecular flexibility index (Phi) is 5.82. The average Bonchev–Trinajstić information content (AvgIpc) is 3.45. The van der Waals surface area contributed by atoms with Gasteiger partial charge in [0.25, 0.3) is 0 Å². The van der Waals surface area contributed by atoms with Gasteiger partial charge in [0.1, 0.15) is 11.5 Å². The molecule has 2 unspecified atom stereocenters. The molecule has 1 saturated heterocycles. The Labute approximate surface area is 198 Å². The van der Waals surface area contributed by atoms with E-state index in [1.54, 1.807) is 19.2 Å². The van der Waals surface area contributed by atoms with E-state index < -0.39 is 5.79 Å². The van der Waals surface area contributed by atoms with Crippen LogP contribution < -0.4 is 15.2 Å². The van der Waals surface area contributed by atoms with Crippen molar-refractivity contribution in [3.8, 4) is 11.5 Å². The molecule has 1 aliphatic carbocycles. The number of ether oxygens (including phenoxy) is 4. The number of rotatable bonds is 4. The lowest BCUT2D eigenvalue weighted by atomic mass is 9.74. The van der Waals surface area contributed by atoms with Crippen molar-refractivity contribution in [3.63, 3.8) is 0 Å². The molecular formula is C25H27N3O4S. The Morgan fingerprint density at radius 3 is 2.24 bits per heavy atom. The maximum Gasteiger partial charge on any atom is 0.187 e. The van der Waals surface area contributed by atoms with Crippen LogP contribution in [0.25, 0.3) is 6.08 Å². The van der Waals surface area contributed by atoms with Gasteiger partial charge in [-0.2, -0.15) is 5.10 Å². The second-order valence-corrected chi connectivity index (χ2v) is 8.84. The van der Waals surface area contributed by atoms with Crippen LogP contribution in [-0.4, -0.2) is 49.1 Å². The second kappa shape index (κ2) is 8.78. The van der Waals surface area contributed by atoms with Crippen LogP contribution in [0.4, 0.5) is 0 Å². The molecule has 33 heavy (non-hydrogen) atoms. The maximum atomic E-state index is 6.17. The van der Waals surface area contributed by atoms with Crippen LogP contribution in [0.2, 0.25) is 0 Å². The quantitative estimate of drug-likeness (QED) is 0.686. The van der Waals surface area contributed by atoms with Crippen LogP contribution in [0.5, 0.6) is 11.5 Å². The van der Waals surface area contributed by atoms with Crippen LogP contribution in [-0.2, 0) is 9.47 Å². The summed E-state index contributed by atoms with van der Waals surface area (Å²) in [5.74, 6) is 0.951. The highest BCUT2D eigenvalue weighted by Crippen LogP contribution is 2.50. The summed E-state index contributed by atoms with van der Waals surface area (Å²) in [6.07, 6.45) is 3.45. The second-order valence-electron chi connectivity index (χ2n) is 8.42. The summed E-state index contributed by atoms with van der Waals surface area (Å²) in [5.41, 5.74) is 10.3. The first-order valence-corrected chi connectivity index (χ1v) is 11.4. The topological polar surface area (TPSA) is 78.5 Å². The molecule has 0 radical (unpaired) electrons. The molecule has 2 fully saturated rings. The molecule has 0 bridgehead atoms. The molecule has 2 aromatic rings. The van der Waals surface area contributed by atoms with Crippen LogP contribution in [0.15, 0.2) is 59.2 Å². The smallest absolute Gasteiger partial charge is 0.187 e. The van der Waals surface area contributed by atoms with Gasteiger partial charge in [0, 0.05) is 18.8 Å². The molecule has 2 aromatic carbocycles. The van der Waals surface area contributed by atoms with Crippen LogP contribution in [0.1, 0.15) is 30.0 Å². The average molecular weight is 466 g/mol. The zero-order valence-corrected chi connectivity index (χ0v) is 19.5. The molecule has 2 heterocycles. The zero-order chi connectivity index (χ0) is 23.0. The molecule has 1 saturated carbocycles. The Hall–Kier alpha value is -2.94. The Bertz CT molecular complexity index is 1090. The highest BCUT2D eigenvalue weighted by molar-refractivity contribution is 7.80. The van der Waals surface area contributed by atoms with Crippen LogP contribution >= 0.6 is 12.2 Å². The van der Waals surface area contributed by atoms with Gasteiger partial charge in [-0.05, 0) is 59.3 Å². The first-order valence-electron chi connectivity index (χ1n) is 11.0. The number of hydrogen-bond donors (Lipinski definition) is 1. The third kappa shape index (κ3) is 4.10. The molecule has 1 spiro atoms. The van der Waals surface area contributed by atoms with Crippen molar-refractivity contribution in [2.45, 2.75) is 24.7 Å². The Morgan fingerprint density at radius 1 is 1.06 bits per heavy atom. The number of benzene rings is 2. The van der Waals surface area contributed by atoms with Crippen molar-refractivity contribution in [2.75, 3.05) is 27.4 Å². The van der Waals surface area contributed by atoms with Crippen molar-refractivity contribution < 1.29 is 18.9 Å². The zero-order valence-electron chi connectivity index (χ0n) is 18.7. The number of hydrazone groups is 1. The number of nitrogens with two attached hydrogens (primary N) is 1. The molecule has 0 aromatic heterocycles. The van der Waals surface area contributed by atoms with Gasteiger partial charge < -0.3 is 24.7 Å². The highest BCUT2D eigenvalue weighted by atomic mass is 32.1. The van der Waals surface area contributed by atoms with Gasteiger partial charge in [0.2, 0.25) is 0 Å². The standard InChI is InChI=1S/C25H27N3O4S/c1-29-19-7-3-16(4-8-19)13-18-14-25(31-11-12-32-25)15-21-22(18)27-28(24(26)33)23(21)17-5-9-20(30-2)10-6-17/h3-10,13,21,23H,11-12,14-15H2,1-2H3,(H2,26,33)/b18-13+. The third-order valence-corrected chi connectivity index (χ3v) is 6.67. The lowest BCUT2D eigenvalue weighted by Crippen LogP contribution is -2.43. The SMILES string of the molecule is COc1ccc(/C=C2\CC3(CC4C2=NN(C(N)=S)C4c2ccc(OC)cc2)OCCO3)cc1. The Morgan fingerprint density at radius 2 is 1.67 bits per heavy atom. The van der Waals surface area contributed by atoms with Crippen molar-refractivity contribution >= 4 is 29.1 Å². The summed E-state index contributed by atoms with van der Waals surface area (Å²) in [6.45, 7) is 1.17. The van der Waals surface area contributed by atoms with Gasteiger partial charge >= 0.3 is 0 Å². The van der Waals surface area contributed by atoms with Gasteiger partial charge in [0.15, 0.2) is 10.9 Å². The van der Waals surface area contributed by atoms with Gasteiger partial charge in [-0.3, -0.25) is 0 Å². The molecule has 5 rings (SSSR count). The maximum absolute atomic E-state index is 6.17. The minimum absolute atomic E-state index is 0.0104. The summed E-state index contributed by atoms with van der Waals surface area (Å²) in [7, 11) is 3.32. The predicted octanol–water partition coefficient (Wildman–Crippen LogP) is 3.90. The van der Waals surface area contributed by atoms with E-state index in [0.29, 0.717) is 26.1 Å². The van der Waals surface area contributed by atoms with Crippen LogP contribution in [0.3, 0.4) is 0 Å². The molecule has 7 nitrogen and oxygen atoms in total. The minimum Gasteiger partial charge on any atom is -0.497 e. The minimum atomic E-state index is -0.668. The van der Waals surface area contributed by atoms with E-state index >= 15 is 0 Å². The van der Waals surface area contributed by atoms with E-state index in [9.17, 15) is 0 Å². The van der Waals surface area contributed by atoms with Gasteiger partial charge in [-0.1, -0.05) is 24.3 Å². The largest absolute Gasteiger partial charge is 0.497 e. The molecule has 3 aliphatic rings. The highest BCUT2D eigenvalue weighted by Gasteiger charge is 2.52. The van der Waals surface area contributed by atoms with Crippen LogP contribution in [0, 0.1) is 5.92 Å². The van der Waals surface area contributed by atoms with E-state index in [1.165, 1.54) is 0 Å². The van der Waals surface area contributed by atoms with Crippen molar-refractivity contribution in [1.82, 2.24) is 5.01 Å². The van der Waals surface area contributed by atoms with E-state index in [1.807, 2.05) is 48.5 Å². The molecule has 2 N–H and O–H groups in total. The molecule has 2 atom stereocenters. The van der Waals surface area contributed by atoms with Gasteiger partial charge in [0.05, 0.1) is 39.2 Å². The monoisotopic (exact) mass is 465 g/mol. The first kappa shape index (κ1) is 21.9. The molecule has 2 aliphatic heterocycles. The number of hydrogen-bond acceptors (Lipinski definition) is 6. The first-order chi connectivity index (χ1) is 16.0. The Balaban J connectivity index is 1.57. The van der Waals surface area contributed by atoms with Crippen molar-refractivity contribution in [1.29, 1.82) is 0 Å². The van der Waals surface area contributed by atoms with E-state index in [-0.39, 0.29) is 17.1 Å².